The number of amidine groups is 1. The lowest BCUT2D eigenvalue weighted by Gasteiger charge is -2.22. The summed E-state index contributed by atoms with van der Waals surface area (Å²) >= 11 is 1.62. The van der Waals surface area contributed by atoms with Crippen molar-refractivity contribution in [2.75, 3.05) is 25.1 Å². The summed E-state index contributed by atoms with van der Waals surface area (Å²) in [6, 6.07) is 12.1. The minimum atomic E-state index is -0.940. The Morgan fingerprint density at radius 2 is 2.04 bits per heavy atom. The Bertz CT molecular complexity index is 747. The third-order valence-electron chi connectivity index (χ3n) is 4.77. The van der Waals surface area contributed by atoms with Crippen LogP contribution in [0.15, 0.2) is 41.8 Å². The topological polar surface area (TPSA) is 35.7 Å². The molecule has 0 fully saturated rings. The molecule has 1 unspecified atom stereocenters. The molecule has 3 heterocycles. The van der Waals surface area contributed by atoms with Gasteiger partial charge in [-0.25, -0.2) is 9.48 Å². The highest BCUT2D eigenvalue weighted by Gasteiger charge is 2.53. The second-order valence-electron chi connectivity index (χ2n) is 6.08. The Labute approximate surface area is 156 Å². The van der Waals surface area contributed by atoms with Gasteiger partial charge in [-0.15, -0.1) is 11.3 Å². The van der Waals surface area contributed by atoms with E-state index in [-0.39, 0.29) is 17.0 Å². The Morgan fingerprint density at radius 1 is 1.21 bits per heavy atom. The van der Waals surface area contributed by atoms with E-state index in [0.717, 1.165) is 42.1 Å². The molecule has 24 heavy (non-hydrogen) atoms. The summed E-state index contributed by atoms with van der Waals surface area (Å²) < 4.78 is 7.73. The molecule has 0 amide bonds. The van der Waals surface area contributed by atoms with Crippen LogP contribution in [0.3, 0.4) is 0 Å². The van der Waals surface area contributed by atoms with E-state index in [1.54, 1.807) is 18.4 Å². The van der Waals surface area contributed by atoms with Crippen LogP contribution in [0.2, 0.25) is 0 Å². The molecule has 1 N–H and O–H groups in total. The van der Waals surface area contributed by atoms with Gasteiger partial charge in [0, 0.05) is 6.42 Å². The standard InChI is InChI=1S/C18H21N2O2S.BrH/c1-22-15-8-3-2-7-14(15)19-13-18(21,16-9-6-12-23-16)20-11-5-4-10-17(19)20;/h2-3,6-9,12,21H,4-5,10-11,13H2,1H3;1H/q+1;/p-1. The van der Waals surface area contributed by atoms with Crippen molar-refractivity contribution in [3.8, 4) is 5.75 Å². The molecule has 0 aliphatic carbocycles. The minimum Gasteiger partial charge on any atom is -1.00 e. The number of methoxy groups -OCH3 is 1. The van der Waals surface area contributed by atoms with Gasteiger partial charge in [0.2, 0.25) is 0 Å². The van der Waals surface area contributed by atoms with Gasteiger partial charge >= 0.3 is 0 Å². The summed E-state index contributed by atoms with van der Waals surface area (Å²) in [5, 5.41) is 13.5. The number of nitrogens with zero attached hydrogens (tertiary/aromatic N) is 2. The SMILES string of the molecule is COc1ccccc1N1CC(O)(c2cccs2)[N+]2=C1CCCC2.[Br-]. The Hall–Kier alpha value is -1.37. The molecule has 0 bridgehead atoms. The maximum atomic E-state index is 11.5. The van der Waals surface area contributed by atoms with Crippen LogP contribution in [0.25, 0.3) is 0 Å². The molecule has 0 radical (unpaired) electrons. The number of hydrogen-bond donors (Lipinski definition) is 1. The van der Waals surface area contributed by atoms with E-state index in [2.05, 4.69) is 15.5 Å². The quantitative estimate of drug-likeness (QED) is 0.727. The van der Waals surface area contributed by atoms with Gasteiger partial charge < -0.3 is 26.8 Å². The fourth-order valence-electron chi connectivity index (χ4n) is 3.69. The summed E-state index contributed by atoms with van der Waals surface area (Å²) in [7, 11) is 1.70. The van der Waals surface area contributed by atoms with Crippen molar-refractivity contribution >= 4 is 22.9 Å². The largest absolute Gasteiger partial charge is 1.00 e. The molecule has 0 spiro atoms. The van der Waals surface area contributed by atoms with E-state index < -0.39 is 5.72 Å². The van der Waals surface area contributed by atoms with Crippen LogP contribution in [0.5, 0.6) is 5.75 Å². The number of rotatable bonds is 3. The number of anilines is 1. The molecule has 128 valence electrons. The van der Waals surface area contributed by atoms with Crippen LogP contribution in [0.4, 0.5) is 5.69 Å². The van der Waals surface area contributed by atoms with Gasteiger partial charge in [-0.05, 0) is 36.4 Å². The molecule has 4 nitrogen and oxygen atoms in total. The number of β-amino-alcohol motifs (C(OH)–C–C–N with tert-alkyl or cyclic N) is 1. The molecule has 2 aromatic rings. The smallest absolute Gasteiger partial charge is 0.280 e. The second kappa shape index (κ2) is 6.86. The molecule has 1 aromatic carbocycles. The number of ether oxygens (including phenoxy) is 1. The fourth-order valence-corrected chi connectivity index (χ4v) is 4.51. The van der Waals surface area contributed by atoms with Gasteiger partial charge in [0.1, 0.15) is 0 Å². The molecule has 1 atom stereocenters. The Kier molecular flexibility index (Phi) is 4.99. The van der Waals surface area contributed by atoms with Crippen molar-refractivity contribution in [3.63, 3.8) is 0 Å². The Balaban J connectivity index is 0.00000169. The molecule has 6 heteroatoms. The van der Waals surface area contributed by atoms with Gasteiger partial charge in [-0.2, -0.15) is 0 Å². The first kappa shape index (κ1) is 17.5. The fraction of sp³-hybridized carbons (Fsp3) is 0.389. The molecule has 2 aliphatic rings. The lowest BCUT2D eigenvalue weighted by Crippen LogP contribution is -3.00. The summed E-state index contributed by atoms with van der Waals surface area (Å²) in [5.41, 5.74) is 0.0921. The van der Waals surface area contributed by atoms with Crippen LogP contribution in [0, 0.1) is 0 Å². The van der Waals surface area contributed by atoms with E-state index in [1.165, 1.54) is 5.84 Å². The summed E-state index contributed by atoms with van der Waals surface area (Å²) in [5.74, 6) is 2.05. The van der Waals surface area contributed by atoms with Gasteiger partial charge in [0.05, 0.1) is 18.5 Å². The highest BCUT2D eigenvalue weighted by molar-refractivity contribution is 7.10. The summed E-state index contributed by atoms with van der Waals surface area (Å²) in [4.78, 5) is 3.24. The summed E-state index contributed by atoms with van der Waals surface area (Å²) in [6.07, 6.45) is 3.28. The van der Waals surface area contributed by atoms with Crippen molar-refractivity contribution in [2.24, 2.45) is 0 Å². The van der Waals surface area contributed by atoms with Crippen LogP contribution in [-0.2, 0) is 5.72 Å². The van der Waals surface area contributed by atoms with Gasteiger partial charge in [-0.1, -0.05) is 18.2 Å². The van der Waals surface area contributed by atoms with Crippen LogP contribution >= 0.6 is 11.3 Å². The van der Waals surface area contributed by atoms with E-state index in [1.807, 2.05) is 35.7 Å². The maximum Gasteiger partial charge on any atom is 0.280 e. The van der Waals surface area contributed by atoms with Crippen LogP contribution in [0.1, 0.15) is 24.1 Å². The summed E-state index contributed by atoms with van der Waals surface area (Å²) in [6.45, 7) is 1.44. The molecule has 0 saturated carbocycles. The lowest BCUT2D eigenvalue weighted by molar-refractivity contribution is -0.660. The number of thiophene rings is 1. The average Bonchev–Trinajstić information content (AvgIpc) is 3.23. The van der Waals surface area contributed by atoms with E-state index >= 15 is 0 Å². The number of halogens is 1. The first-order chi connectivity index (χ1) is 11.2. The van der Waals surface area contributed by atoms with Gasteiger partial charge in [-0.3, -0.25) is 0 Å². The van der Waals surface area contributed by atoms with Crippen molar-refractivity contribution in [2.45, 2.75) is 25.0 Å². The number of para-hydroxylation sites is 2. The predicted molar refractivity (Wildman–Crippen MR) is 92.5 cm³/mol. The molecular formula is C18H21BrN2O2S. The first-order valence-electron chi connectivity index (χ1n) is 8.04. The van der Waals surface area contributed by atoms with Crippen molar-refractivity contribution in [3.05, 3.63) is 46.7 Å². The van der Waals surface area contributed by atoms with Crippen LogP contribution in [-0.4, -0.2) is 35.7 Å². The van der Waals surface area contributed by atoms with Crippen molar-refractivity contribution in [1.82, 2.24) is 0 Å². The number of benzene rings is 1. The van der Waals surface area contributed by atoms with E-state index in [9.17, 15) is 5.11 Å². The molecular weight excluding hydrogens is 388 g/mol. The van der Waals surface area contributed by atoms with Crippen LogP contribution < -0.4 is 26.6 Å². The van der Waals surface area contributed by atoms with Gasteiger partial charge in [0.15, 0.2) is 18.0 Å². The second-order valence-corrected chi connectivity index (χ2v) is 7.02. The lowest BCUT2D eigenvalue weighted by atomic mass is 10.1. The molecule has 1 aromatic heterocycles. The third-order valence-corrected chi connectivity index (χ3v) is 5.78. The average molecular weight is 409 g/mol. The highest BCUT2D eigenvalue weighted by atomic mass is 79.9. The van der Waals surface area contributed by atoms with Crippen molar-refractivity contribution < 1.29 is 31.4 Å². The Morgan fingerprint density at radius 3 is 2.79 bits per heavy atom. The highest BCUT2D eigenvalue weighted by Crippen LogP contribution is 2.40. The first-order valence-corrected chi connectivity index (χ1v) is 8.92. The van der Waals surface area contributed by atoms with E-state index in [0.29, 0.717) is 6.54 Å². The normalized spacial score (nSPS) is 23.0. The minimum absolute atomic E-state index is 0. The maximum absolute atomic E-state index is 11.5. The number of hydrogen-bond acceptors (Lipinski definition) is 4. The zero-order chi connectivity index (χ0) is 15.9. The molecule has 2 aliphatic heterocycles. The molecule has 4 rings (SSSR count). The zero-order valence-electron chi connectivity index (χ0n) is 13.6. The number of aliphatic hydroxyl groups is 1. The van der Waals surface area contributed by atoms with Gasteiger partial charge in [0.25, 0.3) is 11.6 Å². The third kappa shape index (κ3) is 2.66. The predicted octanol–water partition coefficient (Wildman–Crippen LogP) is 0.0209. The zero-order valence-corrected chi connectivity index (χ0v) is 16.0. The van der Waals surface area contributed by atoms with E-state index in [4.69, 9.17) is 4.74 Å². The monoisotopic (exact) mass is 408 g/mol. The van der Waals surface area contributed by atoms with Crippen molar-refractivity contribution in [1.29, 1.82) is 0 Å². The molecule has 0 saturated heterocycles.